The molecule has 2 aromatic rings. The van der Waals surface area contributed by atoms with Gasteiger partial charge < -0.3 is 0 Å². The molecule has 1 aliphatic heterocycles. The van der Waals surface area contributed by atoms with Crippen LogP contribution in [0, 0.1) is 5.92 Å². The summed E-state index contributed by atoms with van der Waals surface area (Å²) in [4.78, 5) is 12.2. The molecule has 0 aliphatic carbocycles. The summed E-state index contributed by atoms with van der Waals surface area (Å²) in [5, 5.41) is 6.27. The molecule has 3 rings (SSSR count). The molecule has 6 heteroatoms. The summed E-state index contributed by atoms with van der Waals surface area (Å²) in [7, 11) is 0. The fourth-order valence-electron chi connectivity index (χ4n) is 2.23. The average Bonchev–Trinajstić information content (AvgIpc) is 2.89. The van der Waals surface area contributed by atoms with Gasteiger partial charge in [0.15, 0.2) is 0 Å². The molecule has 0 saturated carbocycles. The van der Waals surface area contributed by atoms with Gasteiger partial charge >= 0.3 is 111 Å². The predicted molar refractivity (Wildman–Crippen MR) is 70.7 cm³/mol. The minimum absolute atomic E-state index is 0.0576. The van der Waals surface area contributed by atoms with Crippen LogP contribution in [0.3, 0.4) is 0 Å². The maximum absolute atomic E-state index is 12.2. The van der Waals surface area contributed by atoms with Crippen molar-refractivity contribution in [3.63, 3.8) is 0 Å². The van der Waals surface area contributed by atoms with Crippen LogP contribution < -0.4 is 10.6 Å². The number of anilines is 1. The molecule has 0 spiro atoms. The molecule has 0 radical (unpaired) electrons. The van der Waals surface area contributed by atoms with Gasteiger partial charge in [0.2, 0.25) is 0 Å². The number of carbonyl (C=O) groups is 1. The number of nitrogens with zero attached hydrogens (tertiary/aromatic N) is 2. The Hall–Kier alpha value is -1.23. The van der Waals surface area contributed by atoms with E-state index in [-0.39, 0.29) is 26.8 Å². The van der Waals surface area contributed by atoms with Crippen LogP contribution >= 0.6 is 0 Å². The zero-order valence-corrected chi connectivity index (χ0v) is 11.6. The van der Waals surface area contributed by atoms with Crippen molar-refractivity contribution in [3.05, 3.63) is 18.2 Å². The van der Waals surface area contributed by atoms with Crippen LogP contribution in [0.4, 0.5) is 5.69 Å². The van der Waals surface area contributed by atoms with Crippen LogP contribution in [-0.4, -0.2) is 41.9 Å². The summed E-state index contributed by atoms with van der Waals surface area (Å²) < 4.78 is 8.68. The quantitative estimate of drug-likeness (QED) is 0.798. The number of amides is 1. The first kappa shape index (κ1) is 11.8. The third-order valence-electron chi connectivity index (χ3n) is 3.25. The molecule has 18 heavy (non-hydrogen) atoms. The van der Waals surface area contributed by atoms with Gasteiger partial charge in [-0.1, -0.05) is 0 Å². The summed E-state index contributed by atoms with van der Waals surface area (Å²) in [6, 6.07) is 5.75. The van der Waals surface area contributed by atoms with Crippen LogP contribution in [0.5, 0.6) is 0 Å². The van der Waals surface area contributed by atoms with E-state index in [2.05, 4.69) is 18.6 Å². The van der Waals surface area contributed by atoms with Gasteiger partial charge in [0, 0.05) is 0 Å². The van der Waals surface area contributed by atoms with Gasteiger partial charge in [-0.15, -0.1) is 0 Å². The zero-order chi connectivity index (χ0) is 12.4. The van der Waals surface area contributed by atoms with Gasteiger partial charge in [0.25, 0.3) is 0 Å². The van der Waals surface area contributed by atoms with E-state index in [9.17, 15) is 4.79 Å². The SMILES string of the molecule is O=C(Nc1cccc2n[se]nc12)C1CCNCC1. The summed E-state index contributed by atoms with van der Waals surface area (Å²) >= 11 is -0.0576. The van der Waals surface area contributed by atoms with Gasteiger partial charge in [-0.05, 0) is 0 Å². The van der Waals surface area contributed by atoms with E-state index in [4.69, 9.17) is 0 Å². The second kappa shape index (κ2) is 5.18. The molecule has 0 atom stereocenters. The van der Waals surface area contributed by atoms with Crippen molar-refractivity contribution in [1.82, 2.24) is 13.3 Å². The minimum atomic E-state index is -0.0576. The number of benzene rings is 1. The Morgan fingerprint density at radius 3 is 3.00 bits per heavy atom. The molecule has 1 saturated heterocycles. The van der Waals surface area contributed by atoms with Crippen molar-refractivity contribution in [1.29, 1.82) is 0 Å². The van der Waals surface area contributed by atoms with Crippen molar-refractivity contribution in [2.45, 2.75) is 12.8 Å². The van der Waals surface area contributed by atoms with E-state index in [0.717, 1.165) is 42.7 Å². The molecule has 0 unspecified atom stereocenters. The van der Waals surface area contributed by atoms with E-state index < -0.39 is 0 Å². The first-order valence-corrected chi connectivity index (χ1v) is 7.60. The molecule has 1 aliphatic rings. The number of aromatic nitrogens is 2. The Kier molecular flexibility index (Phi) is 3.41. The van der Waals surface area contributed by atoms with Crippen LogP contribution in [0.15, 0.2) is 18.2 Å². The maximum atomic E-state index is 12.2. The van der Waals surface area contributed by atoms with Gasteiger partial charge in [-0.25, -0.2) is 0 Å². The number of nitrogens with one attached hydrogen (secondary N) is 2. The summed E-state index contributed by atoms with van der Waals surface area (Å²) in [5.74, 6) is 0.227. The van der Waals surface area contributed by atoms with E-state index in [1.54, 1.807) is 0 Å². The molecule has 1 aromatic carbocycles. The van der Waals surface area contributed by atoms with Crippen LogP contribution in [0.25, 0.3) is 11.0 Å². The third-order valence-corrected chi connectivity index (χ3v) is 4.39. The summed E-state index contributed by atoms with van der Waals surface area (Å²) in [6.07, 6.45) is 1.82. The van der Waals surface area contributed by atoms with E-state index in [1.807, 2.05) is 18.2 Å². The van der Waals surface area contributed by atoms with Crippen LogP contribution in [0.1, 0.15) is 12.8 Å². The monoisotopic (exact) mass is 310 g/mol. The summed E-state index contributed by atoms with van der Waals surface area (Å²) in [5.41, 5.74) is 2.55. The molecule has 5 nitrogen and oxygen atoms in total. The van der Waals surface area contributed by atoms with E-state index >= 15 is 0 Å². The molecule has 2 N–H and O–H groups in total. The molecular weight excluding hydrogens is 295 g/mol. The van der Waals surface area contributed by atoms with Gasteiger partial charge in [-0.2, -0.15) is 0 Å². The molecule has 1 amide bonds. The third kappa shape index (κ3) is 2.32. The van der Waals surface area contributed by atoms with Gasteiger partial charge in [-0.3, -0.25) is 0 Å². The van der Waals surface area contributed by atoms with Crippen molar-refractivity contribution in [2.24, 2.45) is 5.92 Å². The standard InChI is InChI=1S/C12H14N4OSe/c17-12(8-4-6-13-7-5-8)14-9-2-1-3-10-11(9)16-18-15-10/h1-3,8,13H,4-7H2,(H,14,17). The topological polar surface area (TPSA) is 66.9 Å². The first-order chi connectivity index (χ1) is 8.84. The zero-order valence-electron chi connectivity index (χ0n) is 9.85. The number of hydrogen-bond acceptors (Lipinski definition) is 4. The summed E-state index contributed by atoms with van der Waals surface area (Å²) in [6.45, 7) is 1.85. The second-order valence-corrected chi connectivity index (χ2v) is 5.56. The molecule has 94 valence electrons. The number of hydrogen-bond donors (Lipinski definition) is 2. The number of fused-ring (bicyclic) bond motifs is 1. The van der Waals surface area contributed by atoms with Crippen molar-refractivity contribution in [2.75, 3.05) is 18.4 Å². The van der Waals surface area contributed by atoms with Gasteiger partial charge in [0.05, 0.1) is 0 Å². The molecule has 1 aromatic heterocycles. The Bertz CT molecular complexity index is 562. The van der Waals surface area contributed by atoms with E-state index in [1.165, 1.54) is 0 Å². The number of carbonyl (C=O) groups excluding carboxylic acids is 1. The van der Waals surface area contributed by atoms with Crippen molar-refractivity contribution >= 4 is 37.6 Å². The Labute approximate surface area is 111 Å². The molecular formula is C12H14N4OSe. The average molecular weight is 309 g/mol. The molecule has 1 fully saturated rings. The Morgan fingerprint density at radius 2 is 2.17 bits per heavy atom. The number of rotatable bonds is 2. The fourth-order valence-corrected chi connectivity index (χ4v) is 3.38. The Morgan fingerprint density at radius 1 is 1.33 bits per heavy atom. The van der Waals surface area contributed by atoms with E-state index in [0.29, 0.717) is 0 Å². The predicted octanol–water partition coefficient (Wildman–Crippen LogP) is 0.625. The second-order valence-electron chi connectivity index (χ2n) is 4.45. The van der Waals surface area contributed by atoms with Crippen molar-refractivity contribution in [3.8, 4) is 0 Å². The van der Waals surface area contributed by atoms with Crippen LogP contribution in [-0.2, 0) is 4.79 Å². The van der Waals surface area contributed by atoms with Gasteiger partial charge in [0.1, 0.15) is 0 Å². The normalized spacial score (nSPS) is 16.9. The van der Waals surface area contributed by atoms with Crippen molar-refractivity contribution < 1.29 is 4.79 Å². The first-order valence-electron chi connectivity index (χ1n) is 6.07. The molecule has 2 heterocycles. The molecule has 0 bridgehead atoms. The van der Waals surface area contributed by atoms with Crippen LogP contribution in [0.2, 0.25) is 0 Å². The fraction of sp³-hybridized carbons (Fsp3) is 0.417. The number of piperidine rings is 1. The Balaban J connectivity index is 1.79.